The number of aryl methyl sites for hydroxylation is 1. The second-order valence-electron chi connectivity index (χ2n) is 6.81. The summed E-state index contributed by atoms with van der Waals surface area (Å²) in [6.07, 6.45) is 3.68. The monoisotopic (exact) mass is 440 g/mol. The van der Waals surface area contributed by atoms with Gasteiger partial charge >= 0.3 is 0 Å². The number of hydrogen-bond acceptors (Lipinski definition) is 5. The van der Waals surface area contributed by atoms with Crippen LogP contribution < -0.4 is 10.1 Å². The molecule has 0 bridgehead atoms. The number of carbonyl (C=O) groups excluding carboxylic acids is 2. The number of ether oxygens (including phenoxy) is 1. The molecule has 3 rings (SSSR count). The number of benzene rings is 2. The lowest BCUT2D eigenvalue weighted by Crippen LogP contribution is -2.29. The molecule has 1 fully saturated rings. The third kappa shape index (κ3) is 5.70. The van der Waals surface area contributed by atoms with Gasteiger partial charge < -0.3 is 10.1 Å². The summed E-state index contributed by atoms with van der Waals surface area (Å²) in [6.45, 7) is 2.53. The number of carbonyl (C=O) groups is 2. The first-order chi connectivity index (χ1) is 14.5. The van der Waals surface area contributed by atoms with Crippen LogP contribution in [0.4, 0.5) is 5.69 Å². The number of thiocarbonyl (C=S) groups is 1. The van der Waals surface area contributed by atoms with Gasteiger partial charge in [0.15, 0.2) is 0 Å². The molecule has 1 aliphatic heterocycles. The largest absolute Gasteiger partial charge is 0.497 e. The number of nitrogens with zero attached hydrogens (tertiary/aromatic N) is 1. The van der Waals surface area contributed by atoms with Gasteiger partial charge in [0, 0.05) is 24.7 Å². The van der Waals surface area contributed by atoms with E-state index >= 15 is 0 Å². The van der Waals surface area contributed by atoms with Crippen molar-refractivity contribution in [3.05, 3.63) is 64.6 Å². The van der Waals surface area contributed by atoms with Crippen molar-refractivity contribution in [1.82, 2.24) is 4.90 Å². The molecule has 0 aromatic heterocycles. The molecule has 2 aromatic carbocycles. The van der Waals surface area contributed by atoms with Crippen LogP contribution in [0.2, 0.25) is 0 Å². The fraction of sp³-hybridized carbons (Fsp3) is 0.261. The molecule has 2 aromatic rings. The number of nitrogens with one attached hydrogen (secondary N) is 1. The molecule has 1 aliphatic rings. The van der Waals surface area contributed by atoms with Gasteiger partial charge in [-0.2, -0.15) is 0 Å². The van der Waals surface area contributed by atoms with Gasteiger partial charge in [-0.3, -0.25) is 14.5 Å². The molecule has 5 nitrogen and oxygen atoms in total. The average molecular weight is 441 g/mol. The van der Waals surface area contributed by atoms with Crippen LogP contribution in [0.15, 0.2) is 53.4 Å². The maximum Gasteiger partial charge on any atom is 0.266 e. The Morgan fingerprint density at radius 2 is 2.00 bits per heavy atom. The Kier molecular flexibility index (Phi) is 7.65. The van der Waals surface area contributed by atoms with E-state index in [2.05, 4.69) is 24.4 Å². The van der Waals surface area contributed by atoms with Gasteiger partial charge in [-0.25, -0.2) is 0 Å². The van der Waals surface area contributed by atoms with E-state index in [0.717, 1.165) is 12.0 Å². The highest BCUT2D eigenvalue weighted by molar-refractivity contribution is 8.26. The maximum atomic E-state index is 12.7. The first kappa shape index (κ1) is 22.1. The van der Waals surface area contributed by atoms with Crippen molar-refractivity contribution >= 4 is 51.9 Å². The molecule has 30 heavy (non-hydrogen) atoms. The molecule has 1 N–H and O–H groups in total. The fourth-order valence-electron chi connectivity index (χ4n) is 3.02. The van der Waals surface area contributed by atoms with E-state index in [-0.39, 0.29) is 11.8 Å². The zero-order valence-electron chi connectivity index (χ0n) is 17.0. The number of thioether (sulfide) groups is 1. The number of anilines is 1. The zero-order valence-corrected chi connectivity index (χ0v) is 18.6. The molecular formula is C23H24N2O3S2. The van der Waals surface area contributed by atoms with E-state index in [1.807, 2.05) is 30.3 Å². The van der Waals surface area contributed by atoms with Crippen molar-refractivity contribution < 1.29 is 14.3 Å². The summed E-state index contributed by atoms with van der Waals surface area (Å²) in [4.78, 5) is 27.1. The lowest BCUT2D eigenvalue weighted by atomic mass is 10.1. The SMILES string of the molecule is CCc1ccc(C=C2SC(=S)N(CCCC(=O)Nc3cccc(OC)c3)C2=O)cc1. The minimum atomic E-state index is -0.111. The zero-order chi connectivity index (χ0) is 21.5. The van der Waals surface area contributed by atoms with Gasteiger partial charge in [0.1, 0.15) is 10.1 Å². The van der Waals surface area contributed by atoms with Gasteiger partial charge in [0.2, 0.25) is 5.91 Å². The molecule has 1 saturated heterocycles. The minimum Gasteiger partial charge on any atom is -0.497 e. The van der Waals surface area contributed by atoms with Crippen LogP contribution in [0.3, 0.4) is 0 Å². The van der Waals surface area contributed by atoms with Crippen LogP contribution in [0.1, 0.15) is 30.9 Å². The van der Waals surface area contributed by atoms with Crippen molar-refractivity contribution in [2.24, 2.45) is 0 Å². The summed E-state index contributed by atoms with van der Waals surface area (Å²) < 4.78 is 5.69. The molecule has 7 heteroatoms. The van der Waals surface area contributed by atoms with E-state index < -0.39 is 0 Å². The third-order valence-corrected chi connectivity index (χ3v) is 6.08. The quantitative estimate of drug-likeness (QED) is 0.468. The Morgan fingerprint density at radius 1 is 1.23 bits per heavy atom. The van der Waals surface area contributed by atoms with Gasteiger partial charge in [-0.1, -0.05) is 61.2 Å². The molecule has 156 valence electrons. The predicted octanol–water partition coefficient (Wildman–Crippen LogP) is 4.88. The van der Waals surface area contributed by atoms with E-state index in [1.165, 1.54) is 17.3 Å². The first-order valence-electron chi connectivity index (χ1n) is 9.78. The topological polar surface area (TPSA) is 58.6 Å². The Bertz CT molecular complexity index is 971. The summed E-state index contributed by atoms with van der Waals surface area (Å²) in [5.74, 6) is 0.472. The standard InChI is InChI=1S/C23H24N2O3S2/c1-3-16-9-11-17(12-10-16)14-20-22(27)25(23(29)30-20)13-5-8-21(26)24-18-6-4-7-19(15-18)28-2/h4,6-7,9-12,14-15H,3,5,8,13H2,1-2H3,(H,24,26). The van der Waals surface area contributed by atoms with Crippen LogP contribution in [-0.4, -0.2) is 34.7 Å². The molecule has 0 aliphatic carbocycles. The van der Waals surface area contributed by atoms with Crippen molar-refractivity contribution in [1.29, 1.82) is 0 Å². The van der Waals surface area contributed by atoms with Crippen LogP contribution in [0.5, 0.6) is 5.75 Å². The molecule has 0 radical (unpaired) electrons. The van der Waals surface area contributed by atoms with E-state index in [0.29, 0.717) is 40.0 Å². The van der Waals surface area contributed by atoms with E-state index in [9.17, 15) is 9.59 Å². The number of methoxy groups -OCH3 is 1. The molecule has 0 atom stereocenters. The summed E-state index contributed by atoms with van der Waals surface area (Å²) in [7, 11) is 1.58. The second kappa shape index (κ2) is 10.4. The lowest BCUT2D eigenvalue weighted by molar-refractivity contribution is -0.122. The normalized spacial score (nSPS) is 15.0. The number of rotatable bonds is 8. The Hall–Kier alpha value is -2.64. The van der Waals surface area contributed by atoms with Crippen LogP contribution in [0, 0.1) is 0 Å². The highest BCUT2D eigenvalue weighted by Crippen LogP contribution is 2.32. The highest BCUT2D eigenvalue weighted by atomic mass is 32.2. The summed E-state index contributed by atoms with van der Waals surface area (Å²) >= 11 is 6.68. The smallest absolute Gasteiger partial charge is 0.266 e. The molecule has 0 unspecified atom stereocenters. The molecule has 0 spiro atoms. The molecule has 2 amide bonds. The van der Waals surface area contributed by atoms with Crippen molar-refractivity contribution in [2.75, 3.05) is 19.0 Å². The third-order valence-electron chi connectivity index (χ3n) is 4.70. The number of amides is 2. The van der Waals surface area contributed by atoms with Crippen LogP contribution in [-0.2, 0) is 16.0 Å². The van der Waals surface area contributed by atoms with Gasteiger partial charge in [-0.05, 0) is 42.2 Å². The molecule has 0 saturated carbocycles. The summed E-state index contributed by atoms with van der Waals surface area (Å²) in [6, 6.07) is 15.3. The first-order valence-corrected chi connectivity index (χ1v) is 11.0. The summed E-state index contributed by atoms with van der Waals surface area (Å²) in [5, 5.41) is 2.84. The van der Waals surface area contributed by atoms with E-state index in [4.69, 9.17) is 17.0 Å². The lowest BCUT2D eigenvalue weighted by Gasteiger charge is -2.14. The number of hydrogen-bond donors (Lipinski definition) is 1. The predicted molar refractivity (Wildman–Crippen MR) is 127 cm³/mol. The Morgan fingerprint density at radius 3 is 2.70 bits per heavy atom. The molecule has 1 heterocycles. The second-order valence-corrected chi connectivity index (χ2v) is 8.49. The van der Waals surface area contributed by atoms with Crippen molar-refractivity contribution in [2.45, 2.75) is 26.2 Å². The maximum absolute atomic E-state index is 12.7. The van der Waals surface area contributed by atoms with Gasteiger partial charge in [0.05, 0.1) is 12.0 Å². The highest BCUT2D eigenvalue weighted by Gasteiger charge is 2.31. The summed E-state index contributed by atoms with van der Waals surface area (Å²) in [5.41, 5.74) is 2.92. The minimum absolute atomic E-state index is 0.0993. The Balaban J connectivity index is 1.52. The average Bonchev–Trinajstić information content (AvgIpc) is 3.01. The Labute approximate surface area is 186 Å². The van der Waals surface area contributed by atoms with Gasteiger partial charge in [-0.15, -0.1) is 0 Å². The van der Waals surface area contributed by atoms with Crippen molar-refractivity contribution in [3.63, 3.8) is 0 Å². The molecular weight excluding hydrogens is 416 g/mol. The van der Waals surface area contributed by atoms with Crippen LogP contribution in [0.25, 0.3) is 6.08 Å². The fourth-order valence-corrected chi connectivity index (χ4v) is 4.32. The van der Waals surface area contributed by atoms with Gasteiger partial charge in [0.25, 0.3) is 5.91 Å². The van der Waals surface area contributed by atoms with Crippen molar-refractivity contribution in [3.8, 4) is 5.75 Å². The van der Waals surface area contributed by atoms with E-state index in [1.54, 1.807) is 24.1 Å². The van der Waals surface area contributed by atoms with Crippen LogP contribution >= 0.6 is 24.0 Å².